The average molecular weight is 189 g/mol. The van der Waals surface area contributed by atoms with Crippen LogP contribution in [0.3, 0.4) is 0 Å². The Morgan fingerprint density at radius 2 is 2.14 bits per heavy atom. The van der Waals surface area contributed by atoms with Gasteiger partial charge in [0.15, 0.2) is 6.10 Å². The Kier molecular flexibility index (Phi) is 3.67. The number of benzene rings is 1. The largest absolute Gasteiger partial charge is 0.359 e. The molecule has 0 fully saturated rings. The van der Waals surface area contributed by atoms with Crippen molar-refractivity contribution < 1.29 is 4.74 Å². The second-order valence-corrected chi connectivity index (χ2v) is 3.25. The molecular weight excluding hydrogens is 174 g/mol. The lowest BCUT2D eigenvalue weighted by Crippen LogP contribution is -2.04. The molecule has 74 valence electrons. The van der Waals surface area contributed by atoms with E-state index in [1.807, 2.05) is 39.0 Å². The fourth-order valence-electron chi connectivity index (χ4n) is 1.42. The van der Waals surface area contributed by atoms with Gasteiger partial charge in [0.2, 0.25) is 0 Å². The van der Waals surface area contributed by atoms with Crippen molar-refractivity contribution in [1.29, 1.82) is 5.26 Å². The van der Waals surface area contributed by atoms with Gasteiger partial charge in [-0.05, 0) is 37.5 Å². The van der Waals surface area contributed by atoms with Gasteiger partial charge in [0.1, 0.15) is 0 Å². The molecule has 0 heterocycles. The van der Waals surface area contributed by atoms with Gasteiger partial charge in [0.05, 0.1) is 6.07 Å². The van der Waals surface area contributed by atoms with E-state index in [2.05, 4.69) is 6.07 Å². The first-order valence-corrected chi connectivity index (χ1v) is 4.78. The Bertz CT molecular complexity index is 352. The third-order valence-electron chi connectivity index (χ3n) is 2.38. The van der Waals surface area contributed by atoms with Crippen molar-refractivity contribution in [3.05, 3.63) is 34.9 Å². The predicted molar refractivity (Wildman–Crippen MR) is 55.9 cm³/mol. The van der Waals surface area contributed by atoms with Crippen molar-refractivity contribution in [1.82, 2.24) is 0 Å². The first-order chi connectivity index (χ1) is 6.70. The summed E-state index contributed by atoms with van der Waals surface area (Å²) in [6.07, 6.45) is -0.431. The van der Waals surface area contributed by atoms with E-state index in [1.165, 1.54) is 5.56 Å². The Hall–Kier alpha value is -1.33. The van der Waals surface area contributed by atoms with Crippen LogP contribution in [-0.2, 0) is 4.74 Å². The molecule has 0 radical (unpaired) electrons. The Balaban J connectivity index is 3.05. The highest BCUT2D eigenvalue weighted by Gasteiger charge is 2.12. The lowest BCUT2D eigenvalue weighted by molar-refractivity contribution is 0.101. The highest BCUT2D eigenvalue weighted by Crippen LogP contribution is 2.22. The Morgan fingerprint density at radius 1 is 1.43 bits per heavy atom. The van der Waals surface area contributed by atoms with E-state index < -0.39 is 6.10 Å². The van der Waals surface area contributed by atoms with Gasteiger partial charge in [0.25, 0.3) is 0 Å². The lowest BCUT2D eigenvalue weighted by atomic mass is 10.00. The Morgan fingerprint density at radius 3 is 2.71 bits per heavy atom. The van der Waals surface area contributed by atoms with Crippen molar-refractivity contribution in [3.8, 4) is 6.07 Å². The number of aryl methyl sites for hydroxylation is 1. The second-order valence-electron chi connectivity index (χ2n) is 3.25. The van der Waals surface area contributed by atoms with Crippen molar-refractivity contribution in [2.75, 3.05) is 6.61 Å². The standard InChI is InChI=1S/C12H15NO/c1-4-14-12(8-13)11-7-5-6-9(2)10(11)3/h5-7,12H,4H2,1-3H3. The van der Waals surface area contributed by atoms with Crippen LogP contribution in [0.2, 0.25) is 0 Å². The summed E-state index contributed by atoms with van der Waals surface area (Å²) in [6.45, 7) is 6.52. The van der Waals surface area contributed by atoms with Crippen molar-refractivity contribution in [3.63, 3.8) is 0 Å². The molecule has 1 atom stereocenters. The molecule has 1 rings (SSSR count). The molecule has 0 saturated carbocycles. The second kappa shape index (κ2) is 4.78. The monoisotopic (exact) mass is 189 g/mol. The maximum Gasteiger partial charge on any atom is 0.169 e. The molecular formula is C12H15NO. The molecule has 0 N–H and O–H groups in total. The number of hydrogen-bond acceptors (Lipinski definition) is 2. The van der Waals surface area contributed by atoms with Crippen LogP contribution >= 0.6 is 0 Å². The fourth-order valence-corrected chi connectivity index (χ4v) is 1.42. The molecule has 0 spiro atoms. The highest BCUT2D eigenvalue weighted by molar-refractivity contribution is 5.36. The van der Waals surface area contributed by atoms with Gasteiger partial charge in [-0.15, -0.1) is 0 Å². The smallest absolute Gasteiger partial charge is 0.169 e. The summed E-state index contributed by atoms with van der Waals surface area (Å²) in [4.78, 5) is 0. The molecule has 0 aliphatic carbocycles. The normalized spacial score (nSPS) is 12.1. The quantitative estimate of drug-likeness (QED) is 0.732. The Labute approximate surface area is 85.1 Å². The van der Waals surface area contributed by atoms with E-state index in [0.29, 0.717) is 6.61 Å². The number of ether oxygens (including phenoxy) is 1. The van der Waals surface area contributed by atoms with E-state index in [0.717, 1.165) is 11.1 Å². The molecule has 2 nitrogen and oxygen atoms in total. The molecule has 0 amide bonds. The molecule has 0 aliphatic heterocycles. The first kappa shape index (κ1) is 10.7. The maximum absolute atomic E-state index is 8.95. The minimum atomic E-state index is -0.431. The third-order valence-corrected chi connectivity index (χ3v) is 2.38. The molecule has 1 aromatic carbocycles. The first-order valence-electron chi connectivity index (χ1n) is 4.78. The molecule has 0 saturated heterocycles. The maximum atomic E-state index is 8.95. The number of rotatable bonds is 3. The minimum absolute atomic E-state index is 0.431. The van der Waals surface area contributed by atoms with Gasteiger partial charge in [-0.3, -0.25) is 0 Å². The third kappa shape index (κ3) is 2.12. The summed E-state index contributed by atoms with van der Waals surface area (Å²) in [5, 5.41) is 8.95. The van der Waals surface area contributed by atoms with Gasteiger partial charge >= 0.3 is 0 Å². The molecule has 1 aromatic rings. The van der Waals surface area contributed by atoms with Gasteiger partial charge in [-0.25, -0.2) is 0 Å². The van der Waals surface area contributed by atoms with Crippen LogP contribution in [0.15, 0.2) is 18.2 Å². The fraction of sp³-hybridized carbons (Fsp3) is 0.417. The van der Waals surface area contributed by atoms with Crippen molar-refractivity contribution >= 4 is 0 Å². The zero-order valence-electron chi connectivity index (χ0n) is 8.87. The zero-order valence-corrected chi connectivity index (χ0v) is 8.87. The van der Waals surface area contributed by atoms with E-state index in [-0.39, 0.29) is 0 Å². The molecule has 1 unspecified atom stereocenters. The van der Waals surface area contributed by atoms with Gasteiger partial charge in [0, 0.05) is 6.61 Å². The van der Waals surface area contributed by atoms with Crippen LogP contribution in [0, 0.1) is 25.2 Å². The van der Waals surface area contributed by atoms with Crippen LogP contribution in [0.1, 0.15) is 29.7 Å². The van der Waals surface area contributed by atoms with Crippen LogP contribution in [0.4, 0.5) is 0 Å². The summed E-state index contributed by atoms with van der Waals surface area (Å²) in [5.41, 5.74) is 3.32. The average Bonchev–Trinajstić information content (AvgIpc) is 2.19. The van der Waals surface area contributed by atoms with E-state index in [9.17, 15) is 0 Å². The molecule has 14 heavy (non-hydrogen) atoms. The molecule has 0 aromatic heterocycles. The van der Waals surface area contributed by atoms with E-state index in [1.54, 1.807) is 0 Å². The molecule has 2 heteroatoms. The lowest BCUT2D eigenvalue weighted by Gasteiger charge is -2.13. The highest BCUT2D eigenvalue weighted by atomic mass is 16.5. The summed E-state index contributed by atoms with van der Waals surface area (Å²) in [5.74, 6) is 0. The van der Waals surface area contributed by atoms with Gasteiger partial charge in [-0.1, -0.05) is 18.2 Å². The number of nitrogens with zero attached hydrogens (tertiary/aromatic N) is 1. The summed E-state index contributed by atoms with van der Waals surface area (Å²) in [7, 11) is 0. The van der Waals surface area contributed by atoms with E-state index in [4.69, 9.17) is 10.00 Å². The van der Waals surface area contributed by atoms with Crippen LogP contribution in [0.25, 0.3) is 0 Å². The summed E-state index contributed by atoms with van der Waals surface area (Å²) < 4.78 is 5.35. The van der Waals surface area contributed by atoms with Crippen LogP contribution < -0.4 is 0 Å². The molecule has 0 aliphatic rings. The van der Waals surface area contributed by atoms with Crippen molar-refractivity contribution in [2.45, 2.75) is 26.9 Å². The topological polar surface area (TPSA) is 33.0 Å². The van der Waals surface area contributed by atoms with Crippen LogP contribution in [-0.4, -0.2) is 6.61 Å². The van der Waals surface area contributed by atoms with Gasteiger partial charge in [-0.2, -0.15) is 5.26 Å². The predicted octanol–water partition coefficient (Wildman–Crippen LogP) is 2.90. The number of nitriles is 1. The molecule has 0 bridgehead atoms. The van der Waals surface area contributed by atoms with Crippen LogP contribution in [0.5, 0.6) is 0 Å². The van der Waals surface area contributed by atoms with E-state index >= 15 is 0 Å². The number of hydrogen-bond donors (Lipinski definition) is 0. The SMILES string of the molecule is CCOC(C#N)c1cccc(C)c1C. The summed E-state index contributed by atoms with van der Waals surface area (Å²) in [6, 6.07) is 8.12. The zero-order chi connectivity index (χ0) is 10.6. The minimum Gasteiger partial charge on any atom is -0.359 e. The van der Waals surface area contributed by atoms with Crippen molar-refractivity contribution in [2.24, 2.45) is 0 Å². The van der Waals surface area contributed by atoms with Gasteiger partial charge < -0.3 is 4.74 Å². The summed E-state index contributed by atoms with van der Waals surface area (Å²) >= 11 is 0.